The van der Waals surface area contributed by atoms with Gasteiger partial charge in [0.25, 0.3) is 5.91 Å². The molecule has 0 radical (unpaired) electrons. The van der Waals surface area contributed by atoms with Crippen LogP contribution in [0, 0.1) is 5.92 Å². The molecule has 9 heteroatoms. The Morgan fingerprint density at radius 2 is 1.87 bits per heavy atom. The molecular formula is C14H20N2O5S2. The molecule has 0 aliphatic heterocycles. The first-order valence-electron chi connectivity index (χ1n) is 7.44. The number of hydrogen-bond donors (Lipinski definition) is 3. The molecule has 1 heterocycles. The largest absolute Gasteiger partial charge is 0.481 e. The van der Waals surface area contributed by atoms with E-state index >= 15 is 0 Å². The Bertz CT molecular complexity index is 683. The second-order valence-corrected chi connectivity index (χ2v) is 8.42. The van der Waals surface area contributed by atoms with Crippen molar-refractivity contribution in [2.45, 2.75) is 48.8 Å². The van der Waals surface area contributed by atoms with E-state index in [-0.39, 0.29) is 9.77 Å². The maximum atomic E-state index is 12.3. The van der Waals surface area contributed by atoms with E-state index in [1.807, 2.05) is 0 Å². The van der Waals surface area contributed by atoms with E-state index in [1.54, 1.807) is 0 Å². The Morgan fingerprint density at radius 3 is 2.43 bits per heavy atom. The maximum absolute atomic E-state index is 12.3. The van der Waals surface area contributed by atoms with Crippen molar-refractivity contribution in [3.8, 4) is 0 Å². The topological polar surface area (TPSA) is 127 Å². The summed E-state index contributed by atoms with van der Waals surface area (Å²) in [7, 11) is -3.84. The van der Waals surface area contributed by atoms with Crippen LogP contribution in [0.1, 0.15) is 48.9 Å². The van der Waals surface area contributed by atoms with Gasteiger partial charge < -0.3 is 10.4 Å². The van der Waals surface area contributed by atoms with Crippen molar-refractivity contribution in [3.63, 3.8) is 0 Å². The SMILES string of the molecule is NS(=O)(=O)c1cc(C(=O)NC2CCCCCCC2C(=O)O)cs1. The fourth-order valence-electron chi connectivity index (χ4n) is 2.79. The zero-order valence-electron chi connectivity index (χ0n) is 12.5. The summed E-state index contributed by atoms with van der Waals surface area (Å²) >= 11 is 0.871. The van der Waals surface area contributed by atoms with Crippen LogP contribution < -0.4 is 10.5 Å². The van der Waals surface area contributed by atoms with Crippen LogP contribution >= 0.6 is 11.3 Å². The highest BCUT2D eigenvalue weighted by Gasteiger charge is 2.30. The van der Waals surface area contributed by atoms with Crippen LogP contribution in [0.4, 0.5) is 0 Å². The van der Waals surface area contributed by atoms with Gasteiger partial charge in [0.05, 0.1) is 11.5 Å². The van der Waals surface area contributed by atoms with E-state index in [0.29, 0.717) is 12.8 Å². The van der Waals surface area contributed by atoms with Gasteiger partial charge in [0.2, 0.25) is 10.0 Å². The number of aliphatic carboxylic acids is 1. The lowest BCUT2D eigenvalue weighted by Gasteiger charge is -2.27. The molecule has 1 saturated carbocycles. The van der Waals surface area contributed by atoms with Gasteiger partial charge in [-0.15, -0.1) is 11.3 Å². The number of primary sulfonamides is 1. The van der Waals surface area contributed by atoms with E-state index in [9.17, 15) is 23.1 Å². The predicted molar refractivity (Wildman–Crippen MR) is 85.8 cm³/mol. The minimum atomic E-state index is -3.84. The fraction of sp³-hybridized carbons (Fsp3) is 0.571. The van der Waals surface area contributed by atoms with Gasteiger partial charge in [-0.3, -0.25) is 9.59 Å². The molecule has 0 aromatic carbocycles. The van der Waals surface area contributed by atoms with Crippen LogP contribution in [0.2, 0.25) is 0 Å². The summed E-state index contributed by atoms with van der Waals surface area (Å²) < 4.78 is 22.4. The molecule has 0 saturated heterocycles. The van der Waals surface area contributed by atoms with Gasteiger partial charge >= 0.3 is 5.97 Å². The number of rotatable bonds is 4. The van der Waals surface area contributed by atoms with Gasteiger partial charge in [-0.05, 0) is 18.9 Å². The minimum absolute atomic E-state index is 0.0879. The Balaban J connectivity index is 2.12. The van der Waals surface area contributed by atoms with Gasteiger partial charge in [0.1, 0.15) is 4.21 Å². The van der Waals surface area contributed by atoms with Crippen LogP contribution in [0.15, 0.2) is 15.7 Å². The summed E-state index contributed by atoms with van der Waals surface area (Å²) in [6.45, 7) is 0. The lowest BCUT2D eigenvalue weighted by molar-refractivity contribution is -0.143. The minimum Gasteiger partial charge on any atom is -0.481 e. The van der Waals surface area contributed by atoms with Crippen LogP contribution in [0.25, 0.3) is 0 Å². The maximum Gasteiger partial charge on any atom is 0.308 e. The van der Waals surface area contributed by atoms with Gasteiger partial charge in [0.15, 0.2) is 0 Å². The molecule has 0 bridgehead atoms. The summed E-state index contributed by atoms with van der Waals surface area (Å²) in [5, 5.41) is 18.6. The molecule has 1 fully saturated rings. The van der Waals surface area contributed by atoms with Crippen molar-refractivity contribution >= 4 is 33.2 Å². The molecule has 2 rings (SSSR count). The number of carbonyl (C=O) groups is 2. The molecule has 1 amide bonds. The normalized spacial score (nSPS) is 22.8. The molecule has 1 aliphatic rings. The smallest absolute Gasteiger partial charge is 0.308 e. The lowest BCUT2D eigenvalue weighted by atomic mass is 9.86. The lowest BCUT2D eigenvalue weighted by Crippen LogP contribution is -2.43. The van der Waals surface area contributed by atoms with Crippen LogP contribution in [0.3, 0.4) is 0 Å². The average Bonchev–Trinajstić information content (AvgIpc) is 2.91. The number of carboxylic acids is 1. The highest BCUT2D eigenvalue weighted by Crippen LogP contribution is 2.24. The van der Waals surface area contributed by atoms with E-state index in [4.69, 9.17) is 5.14 Å². The average molecular weight is 360 g/mol. The summed E-state index contributed by atoms with van der Waals surface area (Å²) in [5.74, 6) is -1.99. The molecule has 2 atom stereocenters. The first kappa shape index (κ1) is 17.9. The van der Waals surface area contributed by atoms with Crippen molar-refractivity contribution < 1.29 is 23.1 Å². The Hall–Kier alpha value is -1.45. The number of hydrogen-bond acceptors (Lipinski definition) is 5. The van der Waals surface area contributed by atoms with Crippen LogP contribution in [-0.2, 0) is 14.8 Å². The number of nitrogens with two attached hydrogens (primary N) is 1. The predicted octanol–water partition coefficient (Wildman–Crippen LogP) is 1.55. The van der Waals surface area contributed by atoms with Gasteiger partial charge in [-0.25, -0.2) is 13.6 Å². The second kappa shape index (κ2) is 7.41. The van der Waals surface area contributed by atoms with E-state index in [2.05, 4.69) is 5.32 Å². The summed E-state index contributed by atoms with van der Waals surface area (Å²) in [6.07, 6.45) is 4.86. The van der Waals surface area contributed by atoms with E-state index < -0.39 is 33.9 Å². The monoisotopic (exact) mass is 360 g/mol. The third-order valence-electron chi connectivity index (χ3n) is 4.02. The number of thiophene rings is 1. The number of carboxylic acid groups (broad SMARTS) is 1. The summed E-state index contributed by atoms with van der Waals surface area (Å²) in [4.78, 5) is 23.7. The second-order valence-electron chi connectivity index (χ2n) is 5.72. The standard InChI is InChI=1S/C14H20N2O5S2/c15-23(20,21)12-7-9(8-22-12)13(17)16-11-6-4-2-1-3-5-10(11)14(18)19/h7-8,10-11H,1-6H2,(H,16,17)(H,18,19)(H2,15,20,21). The van der Waals surface area contributed by atoms with Crippen molar-refractivity contribution in [1.82, 2.24) is 5.32 Å². The van der Waals surface area contributed by atoms with E-state index in [0.717, 1.165) is 37.0 Å². The van der Waals surface area contributed by atoms with E-state index in [1.165, 1.54) is 11.4 Å². The highest BCUT2D eigenvalue weighted by atomic mass is 32.2. The first-order valence-corrected chi connectivity index (χ1v) is 9.86. The quantitative estimate of drug-likeness (QED) is 0.751. The number of sulfonamides is 1. The molecule has 1 aromatic rings. The fourth-order valence-corrected chi connectivity index (χ4v) is 4.37. The molecule has 1 aromatic heterocycles. The van der Waals surface area contributed by atoms with Gasteiger partial charge in [0, 0.05) is 11.4 Å². The Labute approximate surface area is 138 Å². The molecule has 23 heavy (non-hydrogen) atoms. The Morgan fingerprint density at radius 1 is 1.22 bits per heavy atom. The number of amides is 1. The first-order chi connectivity index (χ1) is 10.8. The third-order valence-corrected chi connectivity index (χ3v) is 6.40. The summed E-state index contributed by atoms with van der Waals surface area (Å²) in [6, 6.07) is 0.770. The summed E-state index contributed by atoms with van der Waals surface area (Å²) in [5.41, 5.74) is 0.185. The van der Waals surface area contributed by atoms with Gasteiger partial charge in [-0.2, -0.15) is 0 Å². The molecule has 1 aliphatic carbocycles. The highest BCUT2D eigenvalue weighted by molar-refractivity contribution is 7.91. The third kappa shape index (κ3) is 4.76. The van der Waals surface area contributed by atoms with Crippen molar-refractivity contribution in [2.75, 3.05) is 0 Å². The molecule has 2 unspecified atom stereocenters. The zero-order chi connectivity index (χ0) is 17.0. The molecule has 7 nitrogen and oxygen atoms in total. The van der Waals surface area contributed by atoms with Crippen LogP contribution in [0.5, 0.6) is 0 Å². The van der Waals surface area contributed by atoms with Crippen molar-refractivity contribution in [2.24, 2.45) is 11.1 Å². The van der Waals surface area contributed by atoms with Crippen molar-refractivity contribution in [1.29, 1.82) is 0 Å². The van der Waals surface area contributed by atoms with Gasteiger partial charge in [-0.1, -0.05) is 25.7 Å². The molecular weight excluding hydrogens is 340 g/mol. The molecule has 128 valence electrons. The number of nitrogens with one attached hydrogen (secondary N) is 1. The van der Waals surface area contributed by atoms with Crippen LogP contribution in [-0.4, -0.2) is 31.4 Å². The van der Waals surface area contributed by atoms with Crippen molar-refractivity contribution in [3.05, 3.63) is 17.0 Å². The number of carbonyl (C=O) groups excluding carboxylic acids is 1. The Kier molecular flexibility index (Phi) is 5.77. The molecule has 0 spiro atoms. The molecule has 4 N–H and O–H groups in total. The zero-order valence-corrected chi connectivity index (χ0v) is 14.2.